The Morgan fingerprint density at radius 2 is 1.92 bits per heavy atom. The van der Waals surface area contributed by atoms with Gasteiger partial charge in [-0.05, 0) is 24.3 Å². The third-order valence-corrected chi connectivity index (χ3v) is 6.99. The predicted octanol–water partition coefficient (Wildman–Crippen LogP) is 5.62. The zero-order valence-corrected chi connectivity index (χ0v) is 15.6. The van der Waals surface area contributed by atoms with Crippen LogP contribution in [0.2, 0.25) is 0 Å². The normalized spacial score (nSPS) is 23.1. The van der Waals surface area contributed by atoms with Crippen molar-refractivity contribution in [3.05, 3.63) is 64.9 Å². The van der Waals surface area contributed by atoms with Gasteiger partial charge in [-0.15, -0.1) is 11.3 Å². The molecule has 0 amide bonds. The summed E-state index contributed by atoms with van der Waals surface area (Å²) in [6.45, 7) is 0. The van der Waals surface area contributed by atoms with Crippen LogP contribution in [-0.4, -0.2) is 15.2 Å². The number of H-pyrrole nitrogens is 1. The molecule has 26 heavy (non-hydrogen) atoms. The molecule has 2 aliphatic rings. The largest absolute Gasteiger partial charge is 0.281 e. The number of allylic oxidation sites excluding steroid dienone is 1. The first-order chi connectivity index (χ1) is 12.9. The van der Waals surface area contributed by atoms with E-state index in [1.165, 1.54) is 48.9 Å². The first-order valence-electron chi connectivity index (χ1n) is 9.58. The monoisotopic (exact) mass is 361 g/mol. The fourth-order valence-corrected chi connectivity index (χ4v) is 5.51. The van der Waals surface area contributed by atoms with Crippen molar-refractivity contribution in [3.8, 4) is 10.6 Å². The SMILES string of the molecule is C1=CC(c2ccccc2)(C2CCCCC2)Cc2[nH]nc(-c3cncs3)c21. The molecular formula is C22H23N3S. The standard InChI is InChI=1S/C22H23N3S/c1-3-7-16(8-4-1)22(17-9-5-2-6-10-17)12-11-18-19(13-22)24-25-21(18)20-14-23-15-26-20/h1,3-4,7-8,11-12,14-15,17H,2,5-6,9-10,13H2,(H,24,25). The van der Waals surface area contributed by atoms with Gasteiger partial charge in [0.25, 0.3) is 0 Å². The Bertz CT molecular complexity index is 904. The van der Waals surface area contributed by atoms with Gasteiger partial charge in [0.15, 0.2) is 0 Å². The zero-order chi connectivity index (χ0) is 17.4. The highest BCUT2D eigenvalue weighted by atomic mass is 32.1. The molecule has 0 aliphatic heterocycles. The fraction of sp³-hybridized carbons (Fsp3) is 0.364. The molecule has 3 nitrogen and oxygen atoms in total. The first-order valence-corrected chi connectivity index (χ1v) is 10.5. The van der Waals surface area contributed by atoms with Crippen LogP contribution in [-0.2, 0) is 11.8 Å². The molecule has 1 fully saturated rings. The lowest BCUT2D eigenvalue weighted by atomic mass is 9.61. The van der Waals surface area contributed by atoms with Crippen molar-refractivity contribution in [1.29, 1.82) is 0 Å². The van der Waals surface area contributed by atoms with Gasteiger partial charge >= 0.3 is 0 Å². The van der Waals surface area contributed by atoms with E-state index in [1.807, 2.05) is 11.7 Å². The molecule has 5 rings (SSSR count). The number of rotatable bonds is 3. The summed E-state index contributed by atoms with van der Waals surface area (Å²) in [5, 5.41) is 7.99. The fourth-order valence-electron chi connectivity index (χ4n) is 4.89. The molecule has 132 valence electrons. The average Bonchev–Trinajstić information content (AvgIpc) is 3.38. The van der Waals surface area contributed by atoms with Gasteiger partial charge in [-0.1, -0.05) is 61.7 Å². The Labute approximate surface area is 158 Å². The second kappa shape index (κ2) is 6.51. The molecule has 1 saturated carbocycles. The quantitative estimate of drug-likeness (QED) is 0.658. The number of hydrogen-bond donors (Lipinski definition) is 1. The van der Waals surface area contributed by atoms with Gasteiger partial charge in [0.2, 0.25) is 0 Å². The van der Waals surface area contributed by atoms with E-state index >= 15 is 0 Å². The molecule has 2 aliphatic carbocycles. The summed E-state index contributed by atoms with van der Waals surface area (Å²) in [5.41, 5.74) is 6.97. The van der Waals surface area contributed by atoms with Crippen LogP contribution >= 0.6 is 11.3 Å². The van der Waals surface area contributed by atoms with Crippen molar-refractivity contribution in [3.63, 3.8) is 0 Å². The van der Waals surface area contributed by atoms with Crippen molar-refractivity contribution >= 4 is 17.4 Å². The average molecular weight is 362 g/mol. The minimum Gasteiger partial charge on any atom is -0.281 e. The lowest BCUT2D eigenvalue weighted by molar-refractivity contribution is 0.241. The molecular weight excluding hydrogens is 338 g/mol. The van der Waals surface area contributed by atoms with Gasteiger partial charge in [-0.2, -0.15) is 5.10 Å². The molecule has 1 atom stereocenters. The van der Waals surface area contributed by atoms with Crippen molar-refractivity contribution < 1.29 is 0 Å². The second-order valence-electron chi connectivity index (χ2n) is 7.58. The van der Waals surface area contributed by atoms with Crippen LogP contribution in [0.15, 0.2) is 48.1 Å². The van der Waals surface area contributed by atoms with Gasteiger partial charge < -0.3 is 0 Å². The Morgan fingerprint density at radius 3 is 2.69 bits per heavy atom. The molecule has 1 aromatic carbocycles. The van der Waals surface area contributed by atoms with Crippen LogP contribution in [0.3, 0.4) is 0 Å². The van der Waals surface area contributed by atoms with Gasteiger partial charge in [0.05, 0.1) is 10.4 Å². The summed E-state index contributed by atoms with van der Waals surface area (Å²) in [4.78, 5) is 5.35. The minimum atomic E-state index is 0.0895. The Hall–Kier alpha value is -2.20. The number of aromatic amines is 1. The Kier molecular flexibility index (Phi) is 4.01. The summed E-state index contributed by atoms with van der Waals surface area (Å²) in [5.74, 6) is 0.707. The topological polar surface area (TPSA) is 41.6 Å². The van der Waals surface area contributed by atoms with Crippen LogP contribution in [0.25, 0.3) is 16.6 Å². The summed E-state index contributed by atoms with van der Waals surface area (Å²) >= 11 is 1.65. The lowest BCUT2D eigenvalue weighted by Gasteiger charge is -2.43. The van der Waals surface area contributed by atoms with Crippen LogP contribution in [0.4, 0.5) is 0 Å². The Balaban J connectivity index is 1.59. The predicted molar refractivity (Wildman–Crippen MR) is 107 cm³/mol. The molecule has 0 radical (unpaired) electrons. The number of nitrogens with one attached hydrogen (secondary N) is 1. The number of nitrogens with zero attached hydrogens (tertiary/aromatic N) is 2. The number of hydrogen-bond acceptors (Lipinski definition) is 3. The van der Waals surface area contributed by atoms with Crippen LogP contribution in [0, 0.1) is 5.92 Å². The molecule has 4 heteroatoms. The molecule has 0 spiro atoms. The van der Waals surface area contributed by atoms with Crippen LogP contribution < -0.4 is 0 Å². The van der Waals surface area contributed by atoms with Crippen molar-refractivity contribution in [2.45, 2.75) is 43.9 Å². The van der Waals surface area contributed by atoms with E-state index in [1.54, 1.807) is 11.3 Å². The number of thiazole rings is 1. The molecule has 1 unspecified atom stereocenters. The van der Waals surface area contributed by atoms with Gasteiger partial charge in [-0.25, -0.2) is 0 Å². The molecule has 2 aromatic heterocycles. The zero-order valence-electron chi connectivity index (χ0n) is 14.8. The molecule has 0 saturated heterocycles. The number of fused-ring (bicyclic) bond motifs is 1. The highest BCUT2D eigenvalue weighted by Crippen LogP contribution is 2.48. The van der Waals surface area contributed by atoms with E-state index in [0.717, 1.165) is 17.0 Å². The van der Waals surface area contributed by atoms with Crippen LogP contribution in [0.5, 0.6) is 0 Å². The first kappa shape index (κ1) is 16.0. The molecule has 1 N–H and O–H groups in total. The van der Waals surface area contributed by atoms with E-state index in [9.17, 15) is 0 Å². The second-order valence-corrected chi connectivity index (χ2v) is 8.47. The van der Waals surface area contributed by atoms with Gasteiger partial charge in [0.1, 0.15) is 5.69 Å². The van der Waals surface area contributed by atoms with E-state index in [4.69, 9.17) is 0 Å². The van der Waals surface area contributed by atoms with Crippen molar-refractivity contribution in [2.75, 3.05) is 0 Å². The van der Waals surface area contributed by atoms with E-state index in [-0.39, 0.29) is 5.41 Å². The van der Waals surface area contributed by atoms with E-state index in [2.05, 4.69) is 57.7 Å². The maximum absolute atomic E-state index is 4.64. The molecule has 2 heterocycles. The molecule has 0 bridgehead atoms. The minimum absolute atomic E-state index is 0.0895. The third-order valence-electron chi connectivity index (χ3n) is 6.21. The van der Waals surface area contributed by atoms with E-state index < -0.39 is 0 Å². The maximum Gasteiger partial charge on any atom is 0.111 e. The van der Waals surface area contributed by atoms with Gasteiger partial charge in [-0.3, -0.25) is 10.1 Å². The van der Waals surface area contributed by atoms with Gasteiger partial charge in [0, 0.05) is 29.3 Å². The highest BCUT2D eigenvalue weighted by Gasteiger charge is 2.41. The third kappa shape index (κ3) is 2.55. The smallest absolute Gasteiger partial charge is 0.111 e. The van der Waals surface area contributed by atoms with Crippen LogP contribution in [0.1, 0.15) is 48.9 Å². The molecule has 3 aromatic rings. The summed E-state index contributed by atoms with van der Waals surface area (Å²) < 4.78 is 0. The maximum atomic E-state index is 4.64. The highest BCUT2D eigenvalue weighted by molar-refractivity contribution is 7.13. The summed E-state index contributed by atoms with van der Waals surface area (Å²) in [6.07, 6.45) is 14.5. The van der Waals surface area contributed by atoms with E-state index in [0.29, 0.717) is 5.92 Å². The Morgan fingerprint density at radius 1 is 1.08 bits per heavy atom. The van der Waals surface area contributed by atoms with Crippen molar-refractivity contribution in [1.82, 2.24) is 15.2 Å². The number of aromatic nitrogens is 3. The number of benzene rings is 1. The van der Waals surface area contributed by atoms with Crippen molar-refractivity contribution in [2.24, 2.45) is 5.92 Å². The summed E-state index contributed by atoms with van der Waals surface area (Å²) in [7, 11) is 0. The summed E-state index contributed by atoms with van der Waals surface area (Å²) in [6, 6.07) is 11.1. The lowest BCUT2D eigenvalue weighted by Crippen LogP contribution is -2.38.